The van der Waals surface area contributed by atoms with Crippen LogP contribution in [0.1, 0.15) is 57.8 Å². The van der Waals surface area contributed by atoms with E-state index >= 15 is 0 Å². The molecular formula is C18H27ClN4O3S. The molecule has 0 saturated heterocycles. The molecule has 1 aliphatic rings. The summed E-state index contributed by atoms with van der Waals surface area (Å²) in [6.45, 7) is 7.27. The molecule has 0 aliphatic heterocycles. The fraction of sp³-hybridized carbons (Fsp3) is 0.556. The minimum Gasteiger partial charge on any atom is -0.334 e. The maximum atomic E-state index is 12.6. The molecule has 150 valence electrons. The summed E-state index contributed by atoms with van der Waals surface area (Å²) in [4.78, 5) is 4.64. The Morgan fingerprint density at radius 3 is 2.44 bits per heavy atom. The number of halogens is 1. The van der Waals surface area contributed by atoms with E-state index in [2.05, 4.69) is 14.9 Å². The Labute approximate surface area is 166 Å². The van der Waals surface area contributed by atoms with Crippen LogP contribution in [-0.4, -0.2) is 24.1 Å². The van der Waals surface area contributed by atoms with Crippen molar-refractivity contribution in [3.8, 4) is 11.5 Å². The summed E-state index contributed by atoms with van der Waals surface area (Å²) in [5.74, 6) is 0.785. The Morgan fingerprint density at radius 1 is 1.22 bits per heavy atom. The lowest BCUT2D eigenvalue weighted by Crippen LogP contribution is -2.40. The molecule has 1 fully saturated rings. The molecule has 2 aromatic rings. The summed E-state index contributed by atoms with van der Waals surface area (Å²) in [7, 11) is -3.65. The smallest absolute Gasteiger partial charge is 0.258 e. The summed E-state index contributed by atoms with van der Waals surface area (Å²) < 4.78 is 33.3. The molecule has 3 N–H and O–H groups in total. The summed E-state index contributed by atoms with van der Waals surface area (Å²) >= 11 is 0. The maximum absolute atomic E-state index is 12.6. The fourth-order valence-electron chi connectivity index (χ4n) is 3.23. The molecule has 1 aliphatic carbocycles. The van der Waals surface area contributed by atoms with Gasteiger partial charge in [-0.05, 0) is 58.2 Å². The number of hydrogen-bond acceptors (Lipinski definition) is 6. The van der Waals surface area contributed by atoms with Crippen LogP contribution in [0.3, 0.4) is 0 Å². The Morgan fingerprint density at radius 2 is 1.85 bits per heavy atom. The topological polar surface area (TPSA) is 111 Å². The summed E-state index contributed by atoms with van der Waals surface area (Å²) in [5, 5.41) is 4.06. The molecule has 0 unspecified atom stereocenters. The van der Waals surface area contributed by atoms with Gasteiger partial charge in [-0.2, -0.15) is 4.98 Å². The molecule has 0 spiro atoms. The van der Waals surface area contributed by atoms with Crippen molar-refractivity contribution in [1.29, 1.82) is 0 Å². The average molecular weight is 415 g/mol. The van der Waals surface area contributed by atoms with Crippen LogP contribution in [0.2, 0.25) is 0 Å². The first-order valence-electron chi connectivity index (χ1n) is 8.78. The van der Waals surface area contributed by atoms with E-state index in [9.17, 15) is 8.42 Å². The molecule has 27 heavy (non-hydrogen) atoms. The Hall–Kier alpha value is -1.48. The number of nitrogens with zero attached hydrogens (tertiary/aromatic N) is 2. The second-order valence-electron chi connectivity index (χ2n) is 8.12. The lowest BCUT2D eigenvalue weighted by molar-refractivity contribution is 0.372. The van der Waals surface area contributed by atoms with Crippen LogP contribution in [-0.2, 0) is 15.6 Å². The molecule has 1 aromatic carbocycles. The van der Waals surface area contributed by atoms with Gasteiger partial charge in [-0.3, -0.25) is 0 Å². The molecule has 7 nitrogen and oxygen atoms in total. The minimum absolute atomic E-state index is 0. The highest BCUT2D eigenvalue weighted by atomic mass is 35.5. The number of nitrogens with two attached hydrogens (primary N) is 1. The largest absolute Gasteiger partial charge is 0.334 e. The SMILES string of the molecule is Cc1ccc(S(=O)(=O)NC(C)(C)C)cc1-c1nc(C2(N)CCCC2)no1.Cl. The molecule has 1 heterocycles. The Kier molecular flexibility index (Phi) is 6.06. The van der Waals surface area contributed by atoms with Crippen LogP contribution in [0, 0.1) is 6.92 Å². The summed E-state index contributed by atoms with van der Waals surface area (Å²) in [6.07, 6.45) is 3.75. The van der Waals surface area contributed by atoms with Crippen molar-refractivity contribution in [2.75, 3.05) is 0 Å². The number of hydrogen-bond donors (Lipinski definition) is 2. The van der Waals surface area contributed by atoms with E-state index in [-0.39, 0.29) is 17.3 Å². The zero-order valence-corrected chi connectivity index (χ0v) is 17.7. The highest BCUT2D eigenvalue weighted by Crippen LogP contribution is 2.36. The van der Waals surface area contributed by atoms with Crippen molar-refractivity contribution in [2.24, 2.45) is 5.73 Å². The molecule has 1 aromatic heterocycles. The number of aromatic nitrogens is 2. The van der Waals surface area contributed by atoms with Crippen LogP contribution >= 0.6 is 12.4 Å². The zero-order chi connectivity index (χ0) is 19.2. The lowest BCUT2D eigenvalue weighted by atomic mass is 9.98. The van der Waals surface area contributed by atoms with Crippen molar-refractivity contribution in [3.05, 3.63) is 29.6 Å². The van der Waals surface area contributed by atoms with E-state index in [1.807, 2.05) is 6.92 Å². The van der Waals surface area contributed by atoms with Gasteiger partial charge in [0.1, 0.15) is 0 Å². The van der Waals surface area contributed by atoms with Gasteiger partial charge in [-0.25, -0.2) is 13.1 Å². The van der Waals surface area contributed by atoms with Gasteiger partial charge in [0.15, 0.2) is 5.82 Å². The minimum atomic E-state index is -3.65. The third-order valence-electron chi connectivity index (χ3n) is 4.56. The number of aryl methyl sites for hydroxylation is 1. The van der Waals surface area contributed by atoms with E-state index in [4.69, 9.17) is 10.3 Å². The van der Waals surface area contributed by atoms with Gasteiger partial charge in [0.05, 0.1) is 10.4 Å². The highest BCUT2D eigenvalue weighted by Gasteiger charge is 2.36. The van der Waals surface area contributed by atoms with Gasteiger partial charge in [0.2, 0.25) is 10.0 Å². The third-order valence-corrected chi connectivity index (χ3v) is 6.31. The first-order chi connectivity index (χ1) is 12.0. The Balaban J connectivity index is 0.00000261. The zero-order valence-electron chi connectivity index (χ0n) is 16.1. The van der Waals surface area contributed by atoms with Crippen LogP contribution in [0.5, 0.6) is 0 Å². The van der Waals surface area contributed by atoms with Crippen LogP contribution in [0.4, 0.5) is 0 Å². The predicted octanol–water partition coefficient (Wildman–Crippen LogP) is 3.27. The number of rotatable bonds is 4. The van der Waals surface area contributed by atoms with Gasteiger partial charge >= 0.3 is 0 Å². The quantitative estimate of drug-likeness (QED) is 0.794. The van der Waals surface area contributed by atoms with E-state index in [0.29, 0.717) is 17.3 Å². The normalized spacial score (nSPS) is 16.9. The van der Waals surface area contributed by atoms with Gasteiger partial charge in [-0.15, -0.1) is 12.4 Å². The van der Waals surface area contributed by atoms with Gasteiger partial charge in [-0.1, -0.05) is 24.1 Å². The first kappa shape index (κ1) is 21.8. The van der Waals surface area contributed by atoms with Gasteiger partial charge < -0.3 is 10.3 Å². The molecule has 1 saturated carbocycles. The highest BCUT2D eigenvalue weighted by molar-refractivity contribution is 7.89. The second kappa shape index (κ2) is 7.50. The van der Waals surface area contributed by atoms with E-state index < -0.39 is 21.1 Å². The number of sulfonamides is 1. The standard InChI is InChI=1S/C18H26N4O3S.ClH/c1-12-7-8-13(26(23,24)22-17(2,3)4)11-14(12)15-20-16(21-25-15)18(19)9-5-6-10-18;/h7-8,11,22H,5-6,9-10,19H2,1-4H3;1H. The monoisotopic (exact) mass is 414 g/mol. The third kappa shape index (κ3) is 4.68. The van der Waals surface area contributed by atoms with Crippen molar-refractivity contribution < 1.29 is 12.9 Å². The van der Waals surface area contributed by atoms with E-state index in [1.165, 1.54) is 0 Å². The van der Waals surface area contributed by atoms with Gasteiger partial charge in [0.25, 0.3) is 5.89 Å². The molecule has 9 heteroatoms. The molecule has 0 atom stereocenters. The van der Waals surface area contributed by atoms with Gasteiger partial charge in [0, 0.05) is 11.1 Å². The maximum Gasteiger partial charge on any atom is 0.258 e. The number of nitrogens with one attached hydrogen (secondary N) is 1. The number of benzene rings is 1. The molecule has 0 amide bonds. The van der Waals surface area contributed by atoms with Crippen molar-refractivity contribution >= 4 is 22.4 Å². The Bertz CT molecular complexity index is 913. The average Bonchev–Trinajstić information content (AvgIpc) is 3.15. The first-order valence-corrected chi connectivity index (χ1v) is 10.3. The molecule has 0 bridgehead atoms. The van der Waals surface area contributed by atoms with Crippen LogP contribution in [0.25, 0.3) is 11.5 Å². The van der Waals surface area contributed by atoms with Crippen LogP contribution < -0.4 is 10.5 Å². The van der Waals surface area contributed by atoms with Crippen LogP contribution in [0.15, 0.2) is 27.6 Å². The van der Waals surface area contributed by atoms with E-state index in [1.54, 1.807) is 39.0 Å². The fourth-order valence-corrected chi connectivity index (χ4v) is 4.67. The molecule has 3 rings (SSSR count). The van der Waals surface area contributed by atoms with Crippen molar-refractivity contribution in [2.45, 2.75) is 69.4 Å². The summed E-state index contributed by atoms with van der Waals surface area (Å²) in [6, 6.07) is 4.88. The van der Waals surface area contributed by atoms with Crippen molar-refractivity contribution in [1.82, 2.24) is 14.9 Å². The molecule has 0 radical (unpaired) electrons. The van der Waals surface area contributed by atoms with Crippen molar-refractivity contribution in [3.63, 3.8) is 0 Å². The second-order valence-corrected chi connectivity index (χ2v) is 9.80. The molecular weight excluding hydrogens is 388 g/mol. The predicted molar refractivity (Wildman–Crippen MR) is 106 cm³/mol. The van der Waals surface area contributed by atoms with E-state index in [0.717, 1.165) is 31.2 Å². The lowest BCUT2D eigenvalue weighted by Gasteiger charge is -2.20. The summed E-state index contributed by atoms with van der Waals surface area (Å²) in [5.41, 5.74) is 6.72.